The number of sulfonamides is 1. The highest BCUT2D eigenvalue weighted by Gasteiger charge is 2.15. The van der Waals surface area contributed by atoms with Crippen molar-refractivity contribution in [3.05, 3.63) is 76.1 Å². The molecule has 0 spiro atoms. The van der Waals surface area contributed by atoms with Crippen molar-refractivity contribution >= 4 is 44.2 Å². The predicted octanol–water partition coefficient (Wildman–Crippen LogP) is 4.76. The average molecular weight is 459 g/mol. The Hall–Kier alpha value is -3.08. The summed E-state index contributed by atoms with van der Waals surface area (Å²) in [7, 11) is -3.84. The van der Waals surface area contributed by atoms with Crippen molar-refractivity contribution in [1.82, 2.24) is 4.98 Å². The van der Waals surface area contributed by atoms with Gasteiger partial charge in [0.1, 0.15) is 16.7 Å². The molecule has 0 bridgehead atoms. The number of thiazole rings is 1. The maximum Gasteiger partial charge on any atom is 0.261 e. The molecule has 0 amide bonds. The quantitative estimate of drug-likeness (QED) is 0.286. The molecule has 4 aromatic rings. The van der Waals surface area contributed by atoms with E-state index in [4.69, 9.17) is 11.1 Å². The summed E-state index contributed by atoms with van der Waals surface area (Å²) in [6, 6.07) is 13.3. The number of hydrogen-bond acceptors (Lipinski definition) is 6. The van der Waals surface area contributed by atoms with Crippen LogP contribution in [0.5, 0.6) is 0 Å². The standard InChI is InChI=1S/C20H15FN4O2S3/c21-14-4-6-16(7-5-14)30(26,27)25-15-3-1-2-12(8-15)17-11-29-20(24-17)13-9-18(19(22)23)28-10-13/h1-11,25H,(H3,22,23). The van der Waals surface area contributed by atoms with E-state index < -0.39 is 15.8 Å². The second-order valence-corrected chi connectivity index (χ2v) is 9.74. The minimum absolute atomic E-state index is 0.0177. The Morgan fingerprint density at radius 1 is 1.03 bits per heavy atom. The van der Waals surface area contributed by atoms with Crippen LogP contribution in [0.25, 0.3) is 21.8 Å². The first-order chi connectivity index (χ1) is 14.3. The summed E-state index contributed by atoms with van der Waals surface area (Å²) in [5.41, 5.74) is 8.23. The molecule has 4 rings (SSSR count). The molecule has 2 aromatic heterocycles. The van der Waals surface area contributed by atoms with Crippen LogP contribution in [0.1, 0.15) is 4.88 Å². The van der Waals surface area contributed by atoms with Gasteiger partial charge in [0.25, 0.3) is 10.0 Å². The molecule has 2 heterocycles. The van der Waals surface area contributed by atoms with E-state index in [-0.39, 0.29) is 10.7 Å². The van der Waals surface area contributed by atoms with Gasteiger partial charge in [0.2, 0.25) is 0 Å². The Labute approximate surface area is 180 Å². The Morgan fingerprint density at radius 3 is 2.50 bits per heavy atom. The van der Waals surface area contributed by atoms with E-state index in [0.29, 0.717) is 16.3 Å². The lowest BCUT2D eigenvalue weighted by Crippen LogP contribution is -2.12. The van der Waals surface area contributed by atoms with Crippen LogP contribution in [0.2, 0.25) is 0 Å². The molecule has 0 aliphatic heterocycles. The van der Waals surface area contributed by atoms with Gasteiger partial charge in [-0.3, -0.25) is 10.1 Å². The highest BCUT2D eigenvalue weighted by atomic mass is 32.2. The summed E-state index contributed by atoms with van der Waals surface area (Å²) in [5.74, 6) is -0.486. The molecule has 0 saturated carbocycles. The SMILES string of the molecule is N=C(N)c1cc(-c2nc(-c3cccc(NS(=O)(=O)c4ccc(F)cc4)c3)cs2)cs1. The molecule has 4 N–H and O–H groups in total. The fraction of sp³-hybridized carbons (Fsp3) is 0. The number of benzene rings is 2. The summed E-state index contributed by atoms with van der Waals surface area (Å²) in [5, 5.41) is 12.1. The molecule has 6 nitrogen and oxygen atoms in total. The zero-order valence-electron chi connectivity index (χ0n) is 15.3. The van der Waals surface area contributed by atoms with Crippen LogP contribution in [-0.4, -0.2) is 19.2 Å². The molecule has 152 valence electrons. The van der Waals surface area contributed by atoms with Gasteiger partial charge in [-0.2, -0.15) is 0 Å². The number of rotatable bonds is 6. The first-order valence-corrected chi connectivity index (χ1v) is 11.8. The van der Waals surface area contributed by atoms with Gasteiger partial charge < -0.3 is 5.73 Å². The number of aromatic nitrogens is 1. The van der Waals surface area contributed by atoms with Crippen LogP contribution in [-0.2, 0) is 10.0 Å². The molecule has 30 heavy (non-hydrogen) atoms. The van der Waals surface area contributed by atoms with Crippen molar-refractivity contribution in [2.75, 3.05) is 4.72 Å². The minimum Gasteiger partial charge on any atom is -0.383 e. The van der Waals surface area contributed by atoms with Crippen molar-refractivity contribution in [3.8, 4) is 21.8 Å². The second kappa shape index (κ2) is 7.98. The average Bonchev–Trinajstić information content (AvgIpc) is 3.38. The fourth-order valence-corrected chi connectivity index (χ4v) is 5.40. The van der Waals surface area contributed by atoms with Crippen LogP contribution in [0, 0.1) is 11.2 Å². The van der Waals surface area contributed by atoms with Crippen LogP contribution in [0.4, 0.5) is 10.1 Å². The van der Waals surface area contributed by atoms with Crippen molar-refractivity contribution < 1.29 is 12.8 Å². The van der Waals surface area contributed by atoms with Gasteiger partial charge >= 0.3 is 0 Å². The van der Waals surface area contributed by atoms with Gasteiger partial charge in [-0.05, 0) is 42.5 Å². The zero-order valence-corrected chi connectivity index (χ0v) is 17.7. The van der Waals surface area contributed by atoms with E-state index in [9.17, 15) is 12.8 Å². The molecule has 0 aliphatic rings. The van der Waals surface area contributed by atoms with Crippen LogP contribution in [0.3, 0.4) is 0 Å². The Bertz CT molecular complexity index is 1330. The maximum absolute atomic E-state index is 13.1. The second-order valence-electron chi connectivity index (χ2n) is 6.29. The summed E-state index contributed by atoms with van der Waals surface area (Å²) in [6.45, 7) is 0. The van der Waals surface area contributed by atoms with E-state index in [0.717, 1.165) is 28.3 Å². The van der Waals surface area contributed by atoms with E-state index in [1.807, 2.05) is 22.9 Å². The van der Waals surface area contributed by atoms with Crippen molar-refractivity contribution in [1.29, 1.82) is 5.41 Å². The predicted molar refractivity (Wildman–Crippen MR) is 119 cm³/mol. The van der Waals surface area contributed by atoms with Gasteiger partial charge in [0.05, 0.1) is 15.5 Å². The number of amidine groups is 1. The van der Waals surface area contributed by atoms with E-state index >= 15 is 0 Å². The molecule has 0 unspecified atom stereocenters. The van der Waals surface area contributed by atoms with Crippen LogP contribution >= 0.6 is 22.7 Å². The van der Waals surface area contributed by atoms with E-state index in [2.05, 4.69) is 9.71 Å². The monoisotopic (exact) mass is 458 g/mol. The first-order valence-electron chi connectivity index (χ1n) is 8.59. The summed E-state index contributed by atoms with van der Waals surface area (Å²) in [4.78, 5) is 5.28. The van der Waals surface area contributed by atoms with Crippen molar-refractivity contribution in [2.45, 2.75) is 4.90 Å². The summed E-state index contributed by atoms with van der Waals surface area (Å²) in [6.07, 6.45) is 0. The topological polar surface area (TPSA) is 109 Å². The fourth-order valence-electron chi connectivity index (χ4n) is 2.70. The number of thiophene rings is 1. The number of hydrogen-bond donors (Lipinski definition) is 3. The van der Waals surface area contributed by atoms with Gasteiger partial charge in [-0.15, -0.1) is 22.7 Å². The van der Waals surface area contributed by atoms with Crippen molar-refractivity contribution in [2.24, 2.45) is 5.73 Å². The summed E-state index contributed by atoms with van der Waals surface area (Å²) >= 11 is 2.83. The lowest BCUT2D eigenvalue weighted by molar-refractivity contribution is 0.599. The lowest BCUT2D eigenvalue weighted by atomic mass is 10.1. The van der Waals surface area contributed by atoms with Gasteiger partial charge in [0, 0.05) is 27.6 Å². The number of anilines is 1. The third-order valence-corrected chi connectivity index (χ3v) is 7.40. The Kier molecular flexibility index (Phi) is 5.37. The number of nitrogens with zero attached hydrogens (tertiary/aromatic N) is 1. The van der Waals surface area contributed by atoms with Gasteiger partial charge in [-0.1, -0.05) is 12.1 Å². The van der Waals surface area contributed by atoms with E-state index in [1.54, 1.807) is 18.2 Å². The van der Waals surface area contributed by atoms with Gasteiger partial charge in [-0.25, -0.2) is 17.8 Å². The van der Waals surface area contributed by atoms with Crippen molar-refractivity contribution in [3.63, 3.8) is 0 Å². The molecule has 0 saturated heterocycles. The molecule has 10 heteroatoms. The maximum atomic E-state index is 13.1. The molecule has 0 atom stereocenters. The van der Waals surface area contributed by atoms with Crippen LogP contribution in [0.15, 0.2) is 70.3 Å². The number of nitrogens with one attached hydrogen (secondary N) is 2. The smallest absolute Gasteiger partial charge is 0.261 e. The van der Waals surface area contributed by atoms with Gasteiger partial charge in [0.15, 0.2) is 0 Å². The molecule has 0 aliphatic carbocycles. The first kappa shape index (κ1) is 20.2. The largest absolute Gasteiger partial charge is 0.383 e. The van der Waals surface area contributed by atoms with E-state index in [1.165, 1.54) is 34.8 Å². The molecule has 0 radical (unpaired) electrons. The third-order valence-electron chi connectivity index (χ3n) is 4.15. The van der Waals surface area contributed by atoms with Crippen LogP contribution < -0.4 is 10.5 Å². The number of halogens is 1. The third kappa shape index (κ3) is 4.25. The minimum atomic E-state index is -3.84. The molecule has 2 aromatic carbocycles. The summed E-state index contributed by atoms with van der Waals surface area (Å²) < 4.78 is 40.6. The zero-order chi connectivity index (χ0) is 21.3. The highest BCUT2D eigenvalue weighted by Crippen LogP contribution is 2.32. The highest BCUT2D eigenvalue weighted by molar-refractivity contribution is 7.92. The molecular weight excluding hydrogens is 443 g/mol. The Balaban J connectivity index is 1.58. The normalized spacial score (nSPS) is 11.4. The molecular formula is C20H15FN4O2S3. The lowest BCUT2D eigenvalue weighted by Gasteiger charge is -2.09. The number of nitrogen functional groups attached to an aromatic ring is 1. The number of nitrogens with two attached hydrogens (primary N) is 1. The Morgan fingerprint density at radius 2 is 1.80 bits per heavy atom. The molecule has 0 fully saturated rings.